The normalized spacial score (nSPS) is 12.1. The van der Waals surface area contributed by atoms with E-state index in [4.69, 9.17) is 0 Å². The molecule has 4 aromatic rings. The molecule has 158 valence electrons. The van der Waals surface area contributed by atoms with Crippen LogP contribution in [0, 0.1) is 13.8 Å². The highest BCUT2D eigenvalue weighted by atomic mass is 16.2. The number of hydrogen-bond donors (Lipinski definition) is 1. The van der Waals surface area contributed by atoms with Gasteiger partial charge in [0.1, 0.15) is 6.04 Å². The van der Waals surface area contributed by atoms with Gasteiger partial charge in [-0.3, -0.25) is 9.59 Å². The summed E-state index contributed by atoms with van der Waals surface area (Å²) in [5.74, 6) is -0.298. The molecule has 1 amide bonds. The van der Waals surface area contributed by atoms with Crippen LogP contribution in [-0.2, 0) is 11.2 Å². The fourth-order valence-corrected chi connectivity index (χ4v) is 3.83. The molecule has 7 heteroatoms. The number of nitrogens with zero attached hydrogens (tertiary/aromatic N) is 4. The van der Waals surface area contributed by atoms with Crippen LogP contribution in [0.4, 0.5) is 5.69 Å². The van der Waals surface area contributed by atoms with E-state index in [1.54, 1.807) is 11.6 Å². The molecule has 2 aromatic carbocycles. The van der Waals surface area contributed by atoms with Crippen molar-refractivity contribution in [1.29, 1.82) is 0 Å². The fourth-order valence-electron chi connectivity index (χ4n) is 3.83. The standard InChI is InChI=1S/C24H25N5O2/c1-5-18-11-9-10-14-20(18)25-23(30)17(4)29-24(31)22-21(15(2)26-29)16(3)28(27-22)19-12-7-6-8-13-19/h6-14,17H,5H2,1-4H3,(H,25,30)/t17-/m1/s1. The lowest BCUT2D eigenvalue weighted by atomic mass is 10.1. The average molecular weight is 415 g/mol. The van der Waals surface area contributed by atoms with Gasteiger partial charge in [0, 0.05) is 5.69 Å². The van der Waals surface area contributed by atoms with Crippen molar-refractivity contribution in [2.45, 2.75) is 40.2 Å². The maximum atomic E-state index is 13.2. The maximum absolute atomic E-state index is 13.2. The van der Waals surface area contributed by atoms with E-state index in [0.717, 1.165) is 29.1 Å². The number of aromatic nitrogens is 4. The number of nitrogens with one attached hydrogen (secondary N) is 1. The van der Waals surface area contributed by atoms with E-state index in [9.17, 15) is 9.59 Å². The maximum Gasteiger partial charge on any atom is 0.295 e. The van der Waals surface area contributed by atoms with Gasteiger partial charge in [-0.2, -0.15) is 10.2 Å². The lowest BCUT2D eigenvalue weighted by Gasteiger charge is -2.16. The van der Waals surface area contributed by atoms with Gasteiger partial charge in [0.2, 0.25) is 5.91 Å². The third-order valence-corrected chi connectivity index (χ3v) is 5.55. The third-order valence-electron chi connectivity index (χ3n) is 5.55. The molecule has 7 nitrogen and oxygen atoms in total. The highest BCUT2D eigenvalue weighted by Gasteiger charge is 2.23. The van der Waals surface area contributed by atoms with Crippen molar-refractivity contribution >= 4 is 22.5 Å². The van der Waals surface area contributed by atoms with Crippen LogP contribution in [0.25, 0.3) is 16.6 Å². The summed E-state index contributed by atoms with van der Waals surface area (Å²) < 4.78 is 2.97. The SMILES string of the molecule is CCc1ccccc1NC(=O)[C@@H](C)n1nc(C)c2c(C)n(-c3ccccc3)nc2c1=O. The van der Waals surface area contributed by atoms with Crippen LogP contribution in [0.15, 0.2) is 59.4 Å². The summed E-state index contributed by atoms with van der Waals surface area (Å²) in [6.45, 7) is 7.45. The zero-order valence-electron chi connectivity index (χ0n) is 18.1. The molecule has 0 unspecified atom stereocenters. The molecular weight excluding hydrogens is 390 g/mol. The molecule has 0 radical (unpaired) electrons. The first-order chi connectivity index (χ1) is 14.9. The molecule has 2 aromatic heterocycles. The quantitative estimate of drug-likeness (QED) is 0.535. The zero-order valence-corrected chi connectivity index (χ0v) is 18.1. The number of hydrogen-bond acceptors (Lipinski definition) is 4. The Labute approximate surface area is 180 Å². The fraction of sp³-hybridized carbons (Fsp3) is 0.250. The van der Waals surface area contributed by atoms with Crippen molar-refractivity contribution in [3.8, 4) is 5.69 Å². The minimum Gasteiger partial charge on any atom is -0.324 e. The Balaban J connectivity index is 1.75. The number of benzene rings is 2. The number of para-hydroxylation sites is 2. The Hall–Kier alpha value is -3.74. The summed E-state index contributed by atoms with van der Waals surface area (Å²) in [5, 5.41) is 12.7. The summed E-state index contributed by atoms with van der Waals surface area (Å²) in [6.07, 6.45) is 0.796. The summed E-state index contributed by atoms with van der Waals surface area (Å²) in [5.41, 5.74) is 4.06. The lowest BCUT2D eigenvalue weighted by molar-refractivity contribution is -0.119. The van der Waals surface area contributed by atoms with Crippen LogP contribution in [-0.4, -0.2) is 25.5 Å². The number of carbonyl (C=O) groups excluding carboxylic acids is 1. The molecule has 4 rings (SSSR count). The Bertz CT molecular complexity index is 1320. The summed E-state index contributed by atoms with van der Waals surface area (Å²) in [4.78, 5) is 26.2. The first-order valence-electron chi connectivity index (χ1n) is 10.3. The Kier molecular flexibility index (Phi) is 5.42. The molecule has 0 spiro atoms. The van der Waals surface area contributed by atoms with E-state index in [0.29, 0.717) is 16.6 Å². The Morgan fingerprint density at radius 2 is 1.71 bits per heavy atom. The van der Waals surface area contributed by atoms with E-state index in [1.807, 2.05) is 75.4 Å². The van der Waals surface area contributed by atoms with Gasteiger partial charge in [-0.1, -0.05) is 43.3 Å². The van der Waals surface area contributed by atoms with Crippen molar-refractivity contribution < 1.29 is 4.79 Å². The molecule has 0 bridgehead atoms. The van der Waals surface area contributed by atoms with E-state index in [1.165, 1.54) is 4.68 Å². The summed E-state index contributed by atoms with van der Waals surface area (Å²) in [6, 6.07) is 16.5. The first kappa shape index (κ1) is 20.5. The molecule has 0 aliphatic rings. The second-order valence-electron chi connectivity index (χ2n) is 7.57. The Morgan fingerprint density at radius 3 is 2.42 bits per heavy atom. The molecule has 0 aliphatic heterocycles. The van der Waals surface area contributed by atoms with Crippen molar-refractivity contribution in [1.82, 2.24) is 19.6 Å². The van der Waals surface area contributed by atoms with Gasteiger partial charge >= 0.3 is 0 Å². The van der Waals surface area contributed by atoms with Crippen molar-refractivity contribution in [2.75, 3.05) is 5.32 Å². The largest absolute Gasteiger partial charge is 0.324 e. The number of carbonyl (C=O) groups is 1. The predicted octanol–water partition coefficient (Wildman–Crippen LogP) is 3.96. The Morgan fingerprint density at radius 1 is 1.03 bits per heavy atom. The van der Waals surface area contributed by atoms with Gasteiger partial charge < -0.3 is 5.32 Å². The molecule has 0 fully saturated rings. The molecule has 0 saturated carbocycles. The van der Waals surface area contributed by atoms with Crippen LogP contribution in [0.1, 0.15) is 36.8 Å². The average Bonchev–Trinajstić information content (AvgIpc) is 3.14. The number of aryl methyl sites for hydroxylation is 3. The van der Waals surface area contributed by atoms with E-state index in [-0.39, 0.29) is 11.5 Å². The third kappa shape index (κ3) is 3.63. The zero-order chi connectivity index (χ0) is 22.1. The number of rotatable bonds is 5. The van der Waals surface area contributed by atoms with Gasteiger partial charge in [0.25, 0.3) is 5.56 Å². The van der Waals surface area contributed by atoms with Gasteiger partial charge in [-0.15, -0.1) is 0 Å². The van der Waals surface area contributed by atoms with Crippen molar-refractivity contribution in [2.24, 2.45) is 0 Å². The molecule has 0 saturated heterocycles. The first-order valence-corrected chi connectivity index (χ1v) is 10.3. The summed E-state index contributed by atoms with van der Waals surface area (Å²) in [7, 11) is 0. The van der Waals surface area contributed by atoms with Crippen LogP contribution in [0.2, 0.25) is 0 Å². The van der Waals surface area contributed by atoms with Gasteiger partial charge in [0.05, 0.1) is 22.5 Å². The minimum atomic E-state index is -0.789. The highest BCUT2D eigenvalue weighted by Crippen LogP contribution is 2.22. The molecule has 1 N–H and O–H groups in total. The van der Waals surface area contributed by atoms with Crippen LogP contribution in [0.3, 0.4) is 0 Å². The van der Waals surface area contributed by atoms with Gasteiger partial charge in [-0.05, 0) is 51.0 Å². The summed E-state index contributed by atoms with van der Waals surface area (Å²) >= 11 is 0. The monoisotopic (exact) mass is 415 g/mol. The van der Waals surface area contributed by atoms with E-state index < -0.39 is 6.04 Å². The second kappa shape index (κ2) is 8.18. The smallest absolute Gasteiger partial charge is 0.295 e. The topological polar surface area (TPSA) is 81.8 Å². The van der Waals surface area contributed by atoms with Crippen molar-refractivity contribution in [3.05, 3.63) is 81.9 Å². The number of anilines is 1. The van der Waals surface area contributed by atoms with E-state index >= 15 is 0 Å². The van der Waals surface area contributed by atoms with Crippen LogP contribution >= 0.6 is 0 Å². The predicted molar refractivity (Wildman–Crippen MR) is 122 cm³/mol. The molecule has 2 heterocycles. The minimum absolute atomic E-state index is 0.298. The van der Waals surface area contributed by atoms with Crippen LogP contribution in [0.5, 0.6) is 0 Å². The van der Waals surface area contributed by atoms with Crippen LogP contribution < -0.4 is 10.9 Å². The molecule has 0 aliphatic carbocycles. The second-order valence-corrected chi connectivity index (χ2v) is 7.57. The molecule has 1 atom stereocenters. The lowest BCUT2D eigenvalue weighted by Crippen LogP contribution is -2.34. The van der Waals surface area contributed by atoms with E-state index in [2.05, 4.69) is 15.5 Å². The number of amides is 1. The van der Waals surface area contributed by atoms with Gasteiger partial charge in [-0.25, -0.2) is 9.36 Å². The molecular formula is C24H25N5O2. The molecule has 31 heavy (non-hydrogen) atoms. The highest BCUT2D eigenvalue weighted by molar-refractivity contribution is 5.94. The van der Waals surface area contributed by atoms with Gasteiger partial charge in [0.15, 0.2) is 5.52 Å². The number of fused-ring (bicyclic) bond motifs is 1. The van der Waals surface area contributed by atoms with Crippen molar-refractivity contribution in [3.63, 3.8) is 0 Å².